The van der Waals surface area contributed by atoms with Crippen molar-refractivity contribution in [3.8, 4) is 0 Å². The van der Waals surface area contributed by atoms with Crippen molar-refractivity contribution in [3.05, 3.63) is 71.3 Å². The zero-order valence-electron chi connectivity index (χ0n) is 17.7. The van der Waals surface area contributed by atoms with Crippen LogP contribution in [0.4, 0.5) is 0 Å². The van der Waals surface area contributed by atoms with E-state index < -0.39 is 41.6 Å². The summed E-state index contributed by atoms with van der Waals surface area (Å²) in [5.41, 5.74) is 1.62. The molecule has 164 valence electrons. The summed E-state index contributed by atoms with van der Waals surface area (Å²) in [6.45, 7) is 0. The van der Waals surface area contributed by atoms with Crippen LogP contribution in [0.1, 0.15) is 28.5 Å². The fraction of sp³-hybridized carbons (Fsp3) is 0.304. The van der Waals surface area contributed by atoms with Gasteiger partial charge in [0.15, 0.2) is 11.8 Å². The largest absolute Gasteiger partial charge is 0.468 e. The van der Waals surface area contributed by atoms with Gasteiger partial charge in [0.25, 0.3) is 0 Å². The highest BCUT2D eigenvalue weighted by atomic mass is 16.5. The molecule has 8 nitrogen and oxygen atoms in total. The first-order valence-corrected chi connectivity index (χ1v) is 9.35. The molecule has 0 radical (unpaired) electrons. The molecule has 0 saturated heterocycles. The Morgan fingerprint density at radius 1 is 0.548 bits per heavy atom. The molecular formula is C23H24O8. The van der Waals surface area contributed by atoms with Gasteiger partial charge < -0.3 is 18.9 Å². The van der Waals surface area contributed by atoms with Gasteiger partial charge in [0.1, 0.15) is 0 Å². The second-order valence-corrected chi connectivity index (χ2v) is 6.56. The van der Waals surface area contributed by atoms with E-state index in [4.69, 9.17) is 18.9 Å². The molecule has 0 bridgehead atoms. The molecule has 0 spiro atoms. The fourth-order valence-electron chi connectivity index (χ4n) is 3.36. The maximum atomic E-state index is 12.5. The zero-order chi connectivity index (χ0) is 23.0. The summed E-state index contributed by atoms with van der Waals surface area (Å²) in [6, 6.07) is 15.3. The molecule has 0 unspecified atom stereocenters. The van der Waals surface area contributed by atoms with Crippen molar-refractivity contribution >= 4 is 23.9 Å². The van der Waals surface area contributed by atoms with Gasteiger partial charge in [0.05, 0.1) is 28.4 Å². The van der Waals surface area contributed by atoms with E-state index in [0.717, 1.165) is 0 Å². The Morgan fingerprint density at radius 2 is 0.935 bits per heavy atom. The molecule has 2 rings (SSSR count). The number of hydrogen-bond donors (Lipinski definition) is 0. The number of ether oxygens (including phenoxy) is 4. The lowest BCUT2D eigenvalue weighted by atomic mass is 9.80. The summed E-state index contributed by atoms with van der Waals surface area (Å²) in [4.78, 5) is 49.1. The second kappa shape index (κ2) is 10.9. The molecule has 0 aliphatic heterocycles. The number of methoxy groups -OCH3 is 4. The number of carbonyl (C=O) groups excluding carboxylic acids is 4. The first-order valence-electron chi connectivity index (χ1n) is 9.35. The van der Waals surface area contributed by atoms with Crippen molar-refractivity contribution in [1.82, 2.24) is 0 Å². The molecule has 0 heterocycles. The van der Waals surface area contributed by atoms with Crippen molar-refractivity contribution in [3.63, 3.8) is 0 Å². The lowest BCUT2D eigenvalue weighted by Gasteiger charge is -2.25. The minimum atomic E-state index is -1.25. The highest BCUT2D eigenvalue weighted by Crippen LogP contribution is 2.35. The molecule has 31 heavy (non-hydrogen) atoms. The van der Waals surface area contributed by atoms with Gasteiger partial charge >= 0.3 is 23.9 Å². The van der Waals surface area contributed by atoms with Gasteiger partial charge in [-0.1, -0.05) is 54.6 Å². The number of rotatable bonds is 8. The van der Waals surface area contributed by atoms with Gasteiger partial charge in [-0.15, -0.1) is 0 Å². The van der Waals surface area contributed by atoms with Crippen molar-refractivity contribution in [2.75, 3.05) is 28.4 Å². The highest BCUT2D eigenvalue weighted by molar-refractivity contribution is 6.00. The Morgan fingerprint density at radius 3 is 1.35 bits per heavy atom. The molecule has 1 atom stereocenters. The molecule has 2 aromatic carbocycles. The normalized spacial score (nSPS) is 11.5. The first kappa shape index (κ1) is 23.6. The summed E-state index contributed by atoms with van der Waals surface area (Å²) in [6.07, 6.45) is 0. The van der Waals surface area contributed by atoms with Crippen LogP contribution in [0.25, 0.3) is 0 Å². The third-order valence-electron chi connectivity index (χ3n) is 4.90. The van der Waals surface area contributed by atoms with Crippen LogP contribution in [0.5, 0.6) is 0 Å². The Bertz CT molecular complexity index is 888. The quantitative estimate of drug-likeness (QED) is 0.358. The van der Waals surface area contributed by atoms with Crippen LogP contribution in [-0.4, -0.2) is 52.3 Å². The molecule has 0 aliphatic rings. The standard InChI is InChI=1S/C23H24O8/c1-28-20(24)18(21(25)29-2)16-12-10-15(11-13-16)17(14-8-6-5-7-9-14)19(22(26)30-3)23(27)31-4/h5-13,17-19H,1-4H3/t17-/m0/s1. The summed E-state index contributed by atoms with van der Waals surface area (Å²) in [5, 5.41) is 0. The van der Waals surface area contributed by atoms with E-state index >= 15 is 0 Å². The van der Waals surface area contributed by atoms with Gasteiger partial charge in [-0.05, 0) is 16.7 Å². The lowest BCUT2D eigenvalue weighted by molar-refractivity contribution is -0.159. The maximum Gasteiger partial charge on any atom is 0.324 e. The summed E-state index contributed by atoms with van der Waals surface area (Å²) >= 11 is 0. The van der Waals surface area contributed by atoms with Crippen LogP contribution in [0.2, 0.25) is 0 Å². The van der Waals surface area contributed by atoms with Gasteiger partial charge in [-0.25, -0.2) is 0 Å². The molecule has 2 aromatic rings. The predicted molar refractivity (Wildman–Crippen MR) is 109 cm³/mol. The van der Waals surface area contributed by atoms with Gasteiger partial charge in [0, 0.05) is 5.92 Å². The molecular weight excluding hydrogens is 404 g/mol. The van der Waals surface area contributed by atoms with E-state index in [1.165, 1.54) is 28.4 Å². The van der Waals surface area contributed by atoms with Crippen LogP contribution in [0.3, 0.4) is 0 Å². The van der Waals surface area contributed by atoms with Crippen LogP contribution in [0, 0.1) is 5.92 Å². The SMILES string of the molecule is COC(=O)C(C(=O)OC)c1ccc([C@H](c2ccccc2)C(C(=O)OC)C(=O)OC)cc1. The van der Waals surface area contributed by atoms with Crippen LogP contribution >= 0.6 is 0 Å². The smallest absolute Gasteiger partial charge is 0.324 e. The number of esters is 4. The predicted octanol–water partition coefficient (Wildman–Crippen LogP) is 2.21. The molecule has 0 saturated carbocycles. The van der Waals surface area contributed by atoms with E-state index in [9.17, 15) is 19.2 Å². The van der Waals surface area contributed by atoms with Crippen molar-refractivity contribution in [1.29, 1.82) is 0 Å². The third kappa shape index (κ3) is 5.28. The van der Waals surface area contributed by atoms with Gasteiger partial charge in [-0.2, -0.15) is 0 Å². The van der Waals surface area contributed by atoms with E-state index in [-0.39, 0.29) is 0 Å². The van der Waals surface area contributed by atoms with Crippen molar-refractivity contribution in [2.45, 2.75) is 11.8 Å². The topological polar surface area (TPSA) is 105 Å². The molecule has 0 aromatic heterocycles. The first-order chi connectivity index (χ1) is 14.9. The summed E-state index contributed by atoms with van der Waals surface area (Å²) < 4.78 is 19.1. The Balaban J connectivity index is 2.57. The molecule has 0 aliphatic carbocycles. The highest BCUT2D eigenvalue weighted by Gasteiger charge is 2.39. The second-order valence-electron chi connectivity index (χ2n) is 6.56. The van der Waals surface area contributed by atoms with Crippen molar-refractivity contribution < 1.29 is 38.1 Å². The molecule has 8 heteroatoms. The number of hydrogen-bond acceptors (Lipinski definition) is 8. The lowest BCUT2D eigenvalue weighted by Crippen LogP contribution is -2.33. The van der Waals surface area contributed by atoms with Gasteiger partial charge in [-0.3, -0.25) is 19.2 Å². The van der Waals surface area contributed by atoms with E-state index in [0.29, 0.717) is 16.7 Å². The van der Waals surface area contributed by atoms with E-state index in [2.05, 4.69) is 0 Å². The van der Waals surface area contributed by atoms with E-state index in [1.54, 1.807) is 48.5 Å². The molecule has 0 fully saturated rings. The van der Waals surface area contributed by atoms with Crippen LogP contribution in [0.15, 0.2) is 54.6 Å². The van der Waals surface area contributed by atoms with Gasteiger partial charge in [0.2, 0.25) is 0 Å². The summed E-state index contributed by atoms with van der Waals surface area (Å²) in [7, 11) is 4.74. The maximum absolute atomic E-state index is 12.5. The summed E-state index contributed by atoms with van der Waals surface area (Å²) in [5.74, 6) is -6.23. The molecule has 0 N–H and O–H groups in total. The number of carbonyl (C=O) groups is 4. The van der Waals surface area contributed by atoms with Crippen LogP contribution in [-0.2, 0) is 38.1 Å². The Kier molecular flexibility index (Phi) is 8.31. The average Bonchev–Trinajstić information content (AvgIpc) is 2.82. The minimum Gasteiger partial charge on any atom is -0.468 e. The fourth-order valence-corrected chi connectivity index (χ4v) is 3.36. The van der Waals surface area contributed by atoms with E-state index in [1.807, 2.05) is 6.07 Å². The molecule has 0 amide bonds. The monoisotopic (exact) mass is 428 g/mol. The minimum absolute atomic E-state index is 0.349. The Labute approximate surface area is 180 Å². The Hall–Kier alpha value is -3.68. The number of benzene rings is 2. The van der Waals surface area contributed by atoms with Crippen LogP contribution < -0.4 is 0 Å². The average molecular weight is 428 g/mol. The zero-order valence-corrected chi connectivity index (χ0v) is 17.7. The third-order valence-corrected chi connectivity index (χ3v) is 4.90. The van der Waals surface area contributed by atoms with Crippen molar-refractivity contribution in [2.24, 2.45) is 5.92 Å².